The first-order valence-corrected chi connectivity index (χ1v) is 17.2. The van der Waals surface area contributed by atoms with Crippen molar-refractivity contribution in [1.82, 2.24) is 19.2 Å². The van der Waals surface area contributed by atoms with Gasteiger partial charge in [-0.3, -0.25) is 9.80 Å². The summed E-state index contributed by atoms with van der Waals surface area (Å²) >= 11 is 0.950. The van der Waals surface area contributed by atoms with E-state index in [4.69, 9.17) is 14.2 Å². The van der Waals surface area contributed by atoms with Gasteiger partial charge in [-0.25, -0.2) is 17.7 Å². The lowest BCUT2D eigenvalue weighted by molar-refractivity contribution is -0.153. The minimum absolute atomic E-state index is 0.00850. The molecule has 0 radical (unpaired) electrons. The molecular formula is C32H34F3N5O5S2. The van der Waals surface area contributed by atoms with Crippen molar-refractivity contribution in [2.45, 2.75) is 36.1 Å². The molecule has 2 atom stereocenters. The van der Waals surface area contributed by atoms with Crippen molar-refractivity contribution < 1.29 is 35.8 Å². The minimum Gasteiger partial charge on any atom is -0.497 e. The third-order valence-corrected chi connectivity index (χ3v) is 11.0. The topological polar surface area (TPSA) is 97.3 Å². The number of rotatable bonds is 10. The number of benzene rings is 3. The Kier molecular flexibility index (Phi) is 9.60. The van der Waals surface area contributed by atoms with Crippen LogP contribution in [-0.4, -0.2) is 80.8 Å². The molecule has 0 bridgehead atoms. The lowest BCUT2D eigenvalue weighted by atomic mass is 9.93. The second-order valence-corrected chi connectivity index (χ2v) is 13.9. The monoisotopic (exact) mass is 689 g/mol. The molecular weight excluding hydrogens is 656 g/mol. The van der Waals surface area contributed by atoms with Crippen LogP contribution in [0, 0.1) is 0 Å². The van der Waals surface area contributed by atoms with E-state index in [1.54, 1.807) is 30.3 Å². The maximum Gasteiger partial charge on any atom is 0.401 e. The second-order valence-electron chi connectivity index (χ2n) is 11.3. The van der Waals surface area contributed by atoms with Gasteiger partial charge in [0.25, 0.3) is 10.0 Å². The molecule has 1 fully saturated rings. The van der Waals surface area contributed by atoms with Gasteiger partial charge >= 0.3 is 6.18 Å². The molecule has 2 aliphatic rings. The number of methoxy groups -OCH3 is 2. The first-order valence-electron chi connectivity index (χ1n) is 14.9. The summed E-state index contributed by atoms with van der Waals surface area (Å²) in [6.07, 6.45) is -2.39. The van der Waals surface area contributed by atoms with Gasteiger partial charge in [0, 0.05) is 72.9 Å². The fourth-order valence-electron chi connectivity index (χ4n) is 6.25. The third kappa shape index (κ3) is 7.17. The molecule has 4 aromatic rings. The molecule has 10 nitrogen and oxygen atoms in total. The number of halogens is 3. The SMILES string of the molecule is COc1ccc(CN(c2ncns2)S(=O)(=O)c2ccc3c(c2)OCCC3N2CCN(CC(F)(F)F)CC2c2ccccc2)c(OC)c1. The lowest BCUT2D eigenvalue weighted by Gasteiger charge is -2.47. The van der Waals surface area contributed by atoms with Crippen LogP contribution in [0.15, 0.2) is 78.0 Å². The molecule has 0 amide bonds. The van der Waals surface area contributed by atoms with E-state index in [0.717, 1.165) is 22.7 Å². The molecule has 47 heavy (non-hydrogen) atoms. The number of hydrogen-bond donors (Lipinski definition) is 0. The zero-order valence-electron chi connectivity index (χ0n) is 25.8. The Bertz CT molecular complexity index is 1780. The number of alkyl halides is 3. The fraction of sp³-hybridized carbons (Fsp3) is 0.375. The first kappa shape index (κ1) is 33.0. The Hall–Kier alpha value is -3.92. The zero-order valence-corrected chi connectivity index (χ0v) is 27.4. The molecule has 15 heteroatoms. The Morgan fingerprint density at radius 3 is 2.53 bits per heavy atom. The minimum atomic E-state index is -4.29. The van der Waals surface area contributed by atoms with Gasteiger partial charge in [-0.2, -0.15) is 17.5 Å². The predicted molar refractivity (Wildman–Crippen MR) is 171 cm³/mol. The van der Waals surface area contributed by atoms with Crippen molar-refractivity contribution in [3.8, 4) is 17.2 Å². The number of piperazine rings is 1. The van der Waals surface area contributed by atoms with Gasteiger partial charge in [0.15, 0.2) is 0 Å². The number of sulfonamides is 1. The summed E-state index contributed by atoms with van der Waals surface area (Å²) < 4.78 is 90.6. The summed E-state index contributed by atoms with van der Waals surface area (Å²) in [4.78, 5) is 7.88. The Balaban J connectivity index is 1.32. The van der Waals surface area contributed by atoms with Crippen molar-refractivity contribution >= 4 is 26.7 Å². The van der Waals surface area contributed by atoms with Gasteiger partial charge < -0.3 is 14.2 Å². The average Bonchev–Trinajstić information content (AvgIpc) is 3.61. The number of nitrogens with zero attached hydrogens (tertiary/aromatic N) is 5. The van der Waals surface area contributed by atoms with Crippen LogP contribution >= 0.6 is 11.5 Å². The summed E-state index contributed by atoms with van der Waals surface area (Å²) in [5.74, 6) is 1.44. The van der Waals surface area contributed by atoms with E-state index in [-0.39, 0.29) is 41.7 Å². The van der Waals surface area contributed by atoms with Gasteiger partial charge in [0.2, 0.25) is 5.13 Å². The van der Waals surface area contributed by atoms with Crippen LogP contribution in [0.25, 0.3) is 0 Å². The molecule has 2 aliphatic heterocycles. The summed E-state index contributed by atoms with van der Waals surface area (Å²) in [6, 6.07) is 19.0. The van der Waals surface area contributed by atoms with E-state index in [1.807, 2.05) is 30.3 Å². The highest BCUT2D eigenvalue weighted by Gasteiger charge is 2.40. The van der Waals surface area contributed by atoms with E-state index < -0.39 is 22.7 Å². The zero-order chi connectivity index (χ0) is 33.2. The van der Waals surface area contributed by atoms with Gasteiger partial charge in [0.05, 0.1) is 38.8 Å². The number of ether oxygens (including phenoxy) is 3. The quantitative estimate of drug-likeness (QED) is 0.208. The molecule has 0 N–H and O–H groups in total. The van der Waals surface area contributed by atoms with Gasteiger partial charge in [0.1, 0.15) is 23.6 Å². The highest BCUT2D eigenvalue weighted by molar-refractivity contribution is 7.93. The van der Waals surface area contributed by atoms with Crippen LogP contribution in [-0.2, 0) is 16.6 Å². The van der Waals surface area contributed by atoms with E-state index in [1.165, 1.54) is 35.8 Å². The predicted octanol–water partition coefficient (Wildman–Crippen LogP) is 5.70. The number of hydrogen-bond acceptors (Lipinski definition) is 10. The van der Waals surface area contributed by atoms with Crippen molar-refractivity contribution in [1.29, 1.82) is 0 Å². The largest absolute Gasteiger partial charge is 0.497 e. The van der Waals surface area contributed by atoms with Crippen LogP contribution in [0.1, 0.15) is 35.2 Å². The van der Waals surface area contributed by atoms with Gasteiger partial charge in [-0.05, 0) is 23.8 Å². The summed E-state index contributed by atoms with van der Waals surface area (Å²) in [5, 5.41) is 0.182. The molecule has 0 spiro atoms. The van der Waals surface area contributed by atoms with E-state index in [0.29, 0.717) is 42.4 Å². The molecule has 1 saturated heterocycles. The molecule has 1 aromatic heterocycles. The van der Waals surface area contributed by atoms with Crippen molar-refractivity contribution in [2.75, 3.05) is 51.3 Å². The number of aromatic nitrogens is 2. The fourth-order valence-corrected chi connectivity index (χ4v) is 8.39. The standard InChI is InChI=1S/C32H34F3N5O5S2/c1-43-24-9-8-23(29(16-24)44-2)18-40(31-36-21-37-46-31)47(41,42)25-10-11-26-27(12-15-45-30(26)17-25)39-14-13-38(20-32(33,34)35)19-28(39)22-6-4-3-5-7-22/h3-11,16-17,21,27-28H,12-15,18-20H2,1-2H3. The van der Waals surface area contributed by atoms with Gasteiger partial charge in [-0.15, -0.1) is 0 Å². The van der Waals surface area contributed by atoms with Crippen LogP contribution in [0.2, 0.25) is 0 Å². The van der Waals surface area contributed by atoms with Crippen molar-refractivity contribution in [2.24, 2.45) is 0 Å². The maximum atomic E-state index is 14.3. The Labute approximate surface area is 275 Å². The third-order valence-electron chi connectivity index (χ3n) is 8.45. The molecule has 6 rings (SSSR count). The molecule has 250 valence electrons. The van der Waals surface area contributed by atoms with E-state index in [2.05, 4.69) is 14.3 Å². The van der Waals surface area contributed by atoms with Crippen LogP contribution in [0.3, 0.4) is 0 Å². The van der Waals surface area contributed by atoms with Crippen LogP contribution in [0.5, 0.6) is 17.2 Å². The van der Waals surface area contributed by atoms with Crippen LogP contribution < -0.4 is 18.5 Å². The van der Waals surface area contributed by atoms with E-state index in [9.17, 15) is 21.6 Å². The highest BCUT2D eigenvalue weighted by atomic mass is 32.2. The first-order chi connectivity index (χ1) is 22.6. The summed E-state index contributed by atoms with van der Waals surface area (Å²) in [7, 11) is -1.14. The van der Waals surface area contributed by atoms with Gasteiger partial charge in [-0.1, -0.05) is 36.4 Å². The molecule has 3 heterocycles. The van der Waals surface area contributed by atoms with Crippen molar-refractivity contribution in [3.63, 3.8) is 0 Å². The number of anilines is 1. The summed E-state index contributed by atoms with van der Waals surface area (Å²) in [5.41, 5.74) is 2.31. The molecule has 2 unspecified atom stereocenters. The smallest absolute Gasteiger partial charge is 0.401 e. The summed E-state index contributed by atoms with van der Waals surface area (Å²) in [6.45, 7) is 0.167. The Morgan fingerprint density at radius 1 is 1.02 bits per heavy atom. The average molecular weight is 690 g/mol. The highest BCUT2D eigenvalue weighted by Crippen LogP contribution is 2.43. The van der Waals surface area contributed by atoms with E-state index >= 15 is 0 Å². The second kappa shape index (κ2) is 13.7. The Morgan fingerprint density at radius 2 is 1.83 bits per heavy atom. The molecule has 3 aromatic carbocycles. The molecule has 0 aliphatic carbocycles. The maximum absolute atomic E-state index is 14.3. The lowest BCUT2D eigenvalue weighted by Crippen LogP contribution is -2.52. The normalized spacial score (nSPS) is 19.1. The number of fused-ring (bicyclic) bond motifs is 1. The van der Waals surface area contributed by atoms with Crippen LogP contribution in [0.4, 0.5) is 18.3 Å². The van der Waals surface area contributed by atoms with Crippen molar-refractivity contribution in [3.05, 3.63) is 89.7 Å². The molecule has 0 saturated carbocycles.